The van der Waals surface area contributed by atoms with Crippen LogP contribution in [0.4, 0.5) is 0 Å². The maximum atomic E-state index is 10.7. The second-order valence-electron chi connectivity index (χ2n) is 4.01. The standard InChI is InChI=1S/C12H15NO2/c14-12(15)11-10(8-13-11)7-6-9-4-2-1-3-5-9/h1-5,10-11,13H,6-8H2,(H,14,15). The van der Waals surface area contributed by atoms with E-state index in [-0.39, 0.29) is 6.04 Å². The van der Waals surface area contributed by atoms with Gasteiger partial charge in [-0.25, -0.2) is 0 Å². The van der Waals surface area contributed by atoms with Gasteiger partial charge in [-0.1, -0.05) is 30.3 Å². The van der Waals surface area contributed by atoms with E-state index in [0.717, 1.165) is 19.4 Å². The van der Waals surface area contributed by atoms with Crippen molar-refractivity contribution in [2.45, 2.75) is 18.9 Å². The molecule has 0 amide bonds. The van der Waals surface area contributed by atoms with Crippen molar-refractivity contribution in [1.82, 2.24) is 5.32 Å². The molecule has 2 rings (SSSR count). The number of aryl methyl sites for hydroxylation is 1. The number of nitrogens with one attached hydrogen (secondary N) is 1. The number of hydrogen-bond acceptors (Lipinski definition) is 2. The highest BCUT2D eigenvalue weighted by atomic mass is 16.4. The zero-order valence-corrected chi connectivity index (χ0v) is 8.52. The fraction of sp³-hybridized carbons (Fsp3) is 0.417. The predicted octanol–water partition coefficient (Wildman–Crippen LogP) is 1.29. The zero-order valence-electron chi connectivity index (χ0n) is 8.52. The number of carboxylic acids is 1. The minimum absolute atomic E-state index is 0.294. The van der Waals surface area contributed by atoms with Crippen LogP contribution in [0.1, 0.15) is 12.0 Å². The Morgan fingerprint density at radius 3 is 2.67 bits per heavy atom. The molecule has 80 valence electrons. The summed E-state index contributed by atoms with van der Waals surface area (Å²) in [5.41, 5.74) is 1.29. The third kappa shape index (κ3) is 2.36. The lowest BCUT2D eigenvalue weighted by Gasteiger charge is -2.34. The van der Waals surface area contributed by atoms with Gasteiger partial charge >= 0.3 is 5.97 Å². The largest absolute Gasteiger partial charge is 0.480 e. The quantitative estimate of drug-likeness (QED) is 0.778. The Hall–Kier alpha value is -1.35. The molecule has 0 bridgehead atoms. The molecule has 1 aliphatic rings. The summed E-state index contributed by atoms with van der Waals surface area (Å²) in [4.78, 5) is 10.7. The van der Waals surface area contributed by atoms with Gasteiger partial charge in [-0.3, -0.25) is 4.79 Å². The average molecular weight is 205 g/mol. The fourth-order valence-electron chi connectivity index (χ4n) is 1.96. The number of aliphatic carboxylic acids is 1. The van der Waals surface area contributed by atoms with Crippen LogP contribution in [0.25, 0.3) is 0 Å². The summed E-state index contributed by atoms with van der Waals surface area (Å²) in [6.45, 7) is 0.837. The lowest BCUT2D eigenvalue weighted by Crippen LogP contribution is -2.57. The number of rotatable bonds is 4. The molecule has 1 fully saturated rings. The molecule has 1 heterocycles. The first kappa shape index (κ1) is 10.2. The first-order chi connectivity index (χ1) is 7.27. The zero-order chi connectivity index (χ0) is 10.7. The molecule has 2 atom stereocenters. The Balaban J connectivity index is 1.82. The van der Waals surface area contributed by atoms with Crippen LogP contribution in [0.3, 0.4) is 0 Å². The smallest absolute Gasteiger partial charge is 0.321 e. The van der Waals surface area contributed by atoms with Crippen LogP contribution in [0.5, 0.6) is 0 Å². The summed E-state index contributed by atoms with van der Waals surface area (Å²) in [6, 6.07) is 9.87. The molecule has 3 heteroatoms. The fourth-order valence-corrected chi connectivity index (χ4v) is 1.96. The molecule has 2 N–H and O–H groups in total. The van der Waals surface area contributed by atoms with Gasteiger partial charge < -0.3 is 10.4 Å². The maximum Gasteiger partial charge on any atom is 0.321 e. The third-order valence-corrected chi connectivity index (χ3v) is 2.98. The first-order valence-electron chi connectivity index (χ1n) is 5.27. The Bertz CT molecular complexity index is 337. The number of carboxylic acid groups (broad SMARTS) is 1. The Morgan fingerprint density at radius 1 is 1.40 bits per heavy atom. The van der Waals surface area contributed by atoms with Crippen molar-refractivity contribution < 1.29 is 9.90 Å². The van der Waals surface area contributed by atoms with E-state index >= 15 is 0 Å². The summed E-state index contributed by atoms with van der Waals surface area (Å²) >= 11 is 0. The van der Waals surface area contributed by atoms with Crippen LogP contribution in [0, 0.1) is 5.92 Å². The Kier molecular flexibility index (Phi) is 3.02. The number of benzene rings is 1. The number of carbonyl (C=O) groups is 1. The summed E-state index contributed by atoms with van der Waals surface area (Å²) in [5.74, 6) is -0.429. The summed E-state index contributed by atoms with van der Waals surface area (Å²) in [6.07, 6.45) is 1.92. The topological polar surface area (TPSA) is 49.3 Å². The molecule has 0 radical (unpaired) electrons. The van der Waals surface area contributed by atoms with E-state index in [0.29, 0.717) is 5.92 Å². The van der Waals surface area contributed by atoms with Crippen molar-refractivity contribution in [2.24, 2.45) is 5.92 Å². The lowest BCUT2D eigenvalue weighted by atomic mass is 9.86. The van der Waals surface area contributed by atoms with Crippen LogP contribution < -0.4 is 5.32 Å². The van der Waals surface area contributed by atoms with Crippen molar-refractivity contribution >= 4 is 5.97 Å². The van der Waals surface area contributed by atoms with Gasteiger partial charge in [0.05, 0.1) is 0 Å². The van der Waals surface area contributed by atoms with Gasteiger partial charge in [0.2, 0.25) is 0 Å². The molecule has 0 aliphatic carbocycles. The van der Waals surface area contributed by atoms with Gasteiger partial charge in [0.1, 0.15) is 6.04 Å². The summed E-state index contributed by atoms with van der Waals surface area (Å²) in [5, 5.41) is 11.8. The summed E-state index contributed by atoms with van der Waals surface area (Å²) in [7, 11) is 0. The molecule has 0 aromatic heterocycles. The summed E-state index contributed by atoms with van der Waals surface area (Å²) < 4.78 is 0. The average Bonchev–Trinajstić information content (AvgIpc) is 2.17. The van der Waals surface area contributed by atoms with E-state index in [4.69, 9.17) is 5.11 Å². The van der Waals surface area contributed by atoms with Crippen LogP contribution >= 0.6 is 0 Å². The van der Waals surface area contributed by atoms with Crippen molar-refractivity contribution in [2.75, 3.05) is 6.54 Å². The monoisotopic (exact) mass is 205 g/mol. The van der Waals surface area contributed by atoms with Crippen LogP contribution in [0.15, 0.2) is 30.3 Å². The van der Waals surface area contributed by atoms with E-state index in [2.05, 4.69) is 17.4 Å². The third-order valence-electron chi connectivity index (χ3n) is 2.98. The molecule has 0 spiro atoms. The molecule has 2 unspecified atom stereocenters. The molecule has 0 saturated carbocycles. The van der Waals surface area contributed by atoms with E-state index in [1.165, 1.54) is 5.56 Å². The first-order valence-corrected chi connectivity index (χ1v) is 5.27. The lowest BCUT2D eigenvalue weighted by molar-refractivity contribution is -0.143. The van der Waals surface area contributed by atoms with Crippen LogP contribution in [0.2, 0.25) is 0 Å². The minimum atomic E-state index is -0.723. The van der Waals surface area contributed by atoms with Crippen molar-refractivity contribution in [1.29, 1.82) is 0 Å². The van der Waals surface area contributed by atoms with Gasteiger partial charge in [0, 0.05) is 6.54 Å². The Labute approximate surface area is 89.1 Å². The van der Waals surface area contributed by atoms with Crippen molar-refractivity contribution in [3.05, 3.63) is 35.9 Å². The molecule has 1 aliphatic heterocycles. The second-order valence-corrected chi connectivity index (χ2v) is 4.01. The van der Waals surface area contributed by atoms with E-state index < -0.39 is 5.97 Å². The molecular formula is C12H15NO2. The highest BCUT2D eigenvalue weighted by Gasteiger charge is 2.35. The predicted molar refractivity (Wildman–Crippen MR) is 57.7 cm³/mol. The van der Waals surface area contributed by atoms with Gasteiger partial charge in [-0.05, 0) is 24.3 Å². The van der Waals surface area contributed by atoms with E-state index in [9.17, 15) is 4.79 Å². The Morgan fingerprint density at radius 2 is 2.13 bits per heavy atom. The molecule has 15 heavy (non-hydrogen) atoms. The van der Waals surface area contributed by atoms with Gasteiger partial charge in [-0.15, -0.1) is 0 Å². The highest BCUT2D eigenvalue weighted by Crippen LogP contribution is 2.19. The molecule has 1 aromatic carbocycles. The normalized spacial score (nSPS) is 24.5. The van der Waals surface area contributed by atoms with Crippen molar-refractivity contribution in [3.63, 3.8) is 0 Å². The van der Waals surface area contributed by atoms with Crippen LogP contribution in [-0.2, 0) is 11.2 Å². The molecule has 3 nitrogen and oxygen atoms in total. The van der Waals surface area contributed by atoms with E-state index in [1.807, 2.05) is 18.2 Å². The molecule has 1 aromatic rings. The van der Waals surface area contributed by atoms with Gasteiger partial charge in [0.25, 0.3) is 0 Å². The van der Waals surface area contributed by atoms with Gasteiger partial charge in [0.15, 0.2) is 0 Å². The molecular weight excluding hydrogens is 190 g/mol. The minimum Gasteiger partial charge on any atom is -0.480 e. The SMILES string of the molecule is O=C(O)C1NCC1CCc1ccccc1. The van der Waals surface area contributed by atoms with Gasteiger partial charge in [-0.2, -0.15) is 0 Å². The highest BCUT2D eigenvalue weighted by molar-refractivity contribution is 5.75. The van der Waals surface area contributed by atoms with Crippen molar-refractivity contribution in [3.8, 4) is 0 Å². The molecule has 1 saturated heterocycles. The van der Waals surface area contributed by atoms with Crippen LogP contribution in [-0.4, -0.2) is 23.7 Å². The second kappa shape index (κ2) is 4.45. The number of hydrogen-bond donors (Lipinski definition) is 2. The van der Waals surface area contributed by atoms with E-state index in [1.54, 1.807) is 0 Å². The maximum absolute atomic E-state index is 10.7.